The summed E-state index contributed by atoms with van der Waals surface area (Å²) in [5, 5.41) is 6.24. The van der Waals surface area contributed by atoms with Crippen LogP contribution in [0.4, 0.5) is 4.79 Å². The smallest absolute Gasteiger partial charge is 0.408 e. The number of ether oxygens (including phenoxy) is 1. The van der Waals surface area contributed by atoms with Crippen LogP contribution in [0.1, 0.15) is 52.1 Å². The van der Waals surface area contributed by atoms with Crippen molar-refractivity contribution in [3.05, 3.63) is 33.8 Å². The van der Waals surface area contributed by atoms with Gasteiger partial charge in [0.05, 0.1) is 16.1 Å². The lowest BCUT2D eigenvalue weighted by Gasteiger charge is -2.25. The van der Waals surface area contributed by atoms with Crippen LogP contribution in [0.25, 0.3) is 0 Å². The third kappa shape index (κ3) is 6.97. The van der Waals surface area contributed by atoms with E-state index in [1.54, 1.807) is 39.0 Å². The summed E-state index contributed by atoms with van der Waals surface area (Å²) in [6, 6.07) is 4.60. The van der Waals surface area contributed by atoms with E-state index in [0.29, 0.717) is 22.0 Å². The molecule has 7 heteroatoms. The van der Waals surface area contributed by atoms with Gasteiger partial charge in [-0.1, -0.05) is 42.3 Å². The van der Waals surface area contributed by atoms with Crippen LogP contribution < -0.4 is 10.6 Å². The van der Waals surface area contributed by atoms with E-state index in [0.717, 1.165) is 6.42 Å². The molecule has 24 heavy (non-hydrogen) atoms. The topological polar surface area (TPSA) is 67.4 Å². The highest BCUT2D eigenvalue weighted by molar-refractivity contribution is 6.42. The van der Waals surface area contributed by atoms with Crippen LogP contribution >= 0.6 is 23.2 Å². The number of hydrogen-bond donors (Lipinski definition) is 2. The van der Waals surface area contributed by atoms with Crippen molar-refractivity contribution in [1.29, 1.82) is 0 Å². The molecule has 0 aliphatic rings. The third-order valence-electron chi connectivity index (χ3n) is 3.03. The zero-order valence-electron chi connectivity index (χ0n) is 14.4. The molecule has 0 fully saturated rings. The summed E-state index contributed by atoms with van der Waals surface area (Å²) < 4.78 is 5.28. The third-order valence-corrected chi connectivity index (χ3v) is 3.86. The SMILES string of the molecule is CCCC(=O)NCC(NC(=O)OC(C)(C)C)c1cccc(Cl)c1Cl. The lowest BCUT2D eigenvalue weighted by molar-refractivity contribution is -0.121. The van der Waals surface area contributed by atoms with E-state index in [9.17, 15) is 9.59 Å². The summed E-state index contributed by atoms with van der Waals surface area (Å²) >= 11 is 12.3. The number of halogens is 2. The van der Waals surface area contributed by atoms with Gasteiger partial charge >= 0.3 is 6.09 Å². The van der Waals surface area contributed by atoms with E-state index in [4.69, 9.17) is 27.9 Å². The standard InChI is InChI=1S/C17H24Cl2N2O3/c1-5-7-14(22)20-10-13(21-16(23)24-17(2,3)4)11-8-6-9-12(18)15(11)19/h6,8-9,13H,5,7,10H2,1-4H3,(H,20,22)(H,21,23). The molecule has 2 amide bonds. The first-order valence-corrected chi connectivity index (χ1v) is 8.59. The maximum Gasteiger partial charge on any atom is 0.408 e. The van der Waals surface area contributed by atoms with Gasteiger partial charge in [0.1, 0.15) is 5.60 Å². The van der Waals surface area contributed by atoms with Gasteiger partial charge < -0.3 is 15.4 Å². The number of carbonyl (C=O) groups is 2. The Kier molecular flexibility index (Phi) is 7.84. The fourth-order valence-corrected chi connectivity index (χ4v) is 2.45. The van der Waals surface area contributed by atoms with E-state index in [1.807, 2.05) is 6.92 Å². The van der Waals surface area contributed by atoms with Crippen LogP contribution in [0.5, 0.6) is 0 Å². The van der Waals surface area contributed by atoms with Gasteiger partial charge in [-0.3, -0.25) is 4.79 Å². The number of benzene rings is 1. The summed E-state index contributed by atoms with van der Waals surface area (Å²) in [6.45, 7) is 7.44. The Morgan fingerprint density at radius 1 is 1.25 bits per heavy atom. The normalized spacial score (nSPS) is 12.4. The molecule has 0 spiro atoms. The van der Waals surface area contributed by atoms with E-state index in [1.165, 1.54) is 0 Å². The van der Waals surface area contributed by atoms with Crippen LogP contribution in [0.15, 0.2) is 18.2 Å². The van der Waals surface area contributed by atoms with Gasteiger partial charge in [0.15, 0.2) is 0 Å². The molecule has 1 aromatic carbocycles. The Morgan fingerprint density at radius 2 is 1.92 bits per heavy atom. The molecular weight excluding hydrogens is 351 g/mol. The largest absolute Gasteiger partial charge is 0.444 e. The van der Waals surface area contributed by atoms with Crippen molar-refractivity contribution in [2.24, 2.45) is 0 Å². The number of nitrogens with one attached hydrogen (secondary N) is 2. The van der Waals surface area contributed by atoms with E-state index < -0.39 is 17.7 Å². The molecule has 0 bridgehead atoms. The lowest BCUT2D eigenvalue weighted by Crippen LogP contribution is -2.40. The van der Waals surface area contributed by atoms with Gasteiger partial charge in [-0.25, -0.2) is 4.79 Å². The van der Waals surface area contributed by atoms with Crippen molar-refractivity contribution in [3.63, 3.8) is 0 Å². The molecule has 0 aliphatic heterocycles. The molecule has 0 radical (unpaired) electrons. The van der Waals surface area contributed by atoms with Crippen molar-refractivity contribution in [2.45, 2.75) is 52.2 Å². The second kappa shape index (κ2) is 9.14. The Bertz CT molecular complexity index is 586. The molecule has 0 heterocycles. The van der Waals surface area contributed by atoms with Crippen molar-refractivity contribution >= 4 is 35.2 Å². The molecule has 0 aromatic heterocycles. The molecule has 2 N–H and O–H groups in total. The molecule has 0 saturated heterocycles. The molecule has 5 nitrogen and oxygen atoms in total. The van der Waals surface area contributed by atoms with E-state index >= 15 is 0 Å². The fraction of sp³-hybridized carbons (Fsp3) is 0.529. The Labute approximate surface area is 153 Å². The van der Waals surface area contributed by atoms with Crippen molar-refractivity contribution in [1.82, 2.24) is 10.6 Å². The minimum absolute atomic E-state index is 0.0911. The molecular formula is C17H24Cl2N2O3. The molecule has 0 saturated carbocycles. The molecule has 1 aromatic rings. The van der Waals surface area contributed by atoms with Gasteiger partial charge in [-0.2, -0.15) is 0 Å². The summed E-state index contributed by atoms with van der Waals surface area (Å²) in [5.41, 5.74) is -0.00934. The number of hydrogen-bond acceptors (Lipinski definition) is 3. The zero-order valence-corrected chi connectivity index (χ0v) is 15.9. The maximum absolute atomic E-state index is 12.1. The van der Waals surface area contributed by atoms with Crippen molar-refractivity contribution in [3.8, 4) is 0 Å². The van der Waals surface area contributed by atoms with Gasteiger partial charge in [0.25, 0.3) is 0 Å². The first kappa shape index (κ1) is 20.6. The highest BCUT2D eigenvalue weighted by Gasteiger charge is 2.23. The van der Waals surface area contributed by atoms with Crippen LogP contribution in [-0.4, -0.2) is 24.1 Å². The summed E-state index contributed by atoms with van der Waals surface area (Å²) in [6.07, 6.45) is 0.573. The van der Waals surface area contributed by atoms with Gasteiger partial charge in [-0.05, 0) is 38.8 Å². The van der Waals surface area contributed by atoms with Gasteiger partial charge in [-0.15, -0.1) is 0 Å². The predicted octanol–water partition coefficient (Wildman–Crippen LogP) is 4.48. The first-order chi connectivity index (χ1) is 11.1. The zero-order chi connectivity index (χ0) is 18.3. The van der Waals surface area contributed by atoms with E-state index in [2.05, 4.69) is 10.6 Å². The average Bonchev–Trinajstić information content (AvgIpc) is 2.45. The fourth-order valence-electron chi connectivity index (χ4n) is 2.01. The Balaban J connectivity index is 2.92. The van der Waals surface area contributed by atoms with Crippen LogP contribution in [0, 0.1) is 0 Å². The molecule has 1 atom stereocenters. The Morgan fingerprint density at radius 3 is 2.50 bits per heavy atom. The van der Waals surface area contributed by atoms with Crippen LogP contribution in [0.3, 0.4) is 0 Å². The van der Waals surface area contributed by atoms with E-state index in [-0.39, 0.29) is 12.5 Å². The monoisotopic (exact) mass is 374 g/mol. The summed E-state index contributed by atoms with van der Waals surface area (Å²) in [4.78, 5) is 23.8. The Hall–Kier alpha value is -1.46. The predicted molar refractivity (Wildman–Crippen MR) is 96.5 cm³/mol. The highest BCUT2D eigenvalue weighted by Crippen LogP contribution is 2.30. The summed E-state index contributed by atoms with van der Waals surface area (Å²) in [7, 11) is 0. The highest BCUT2D eigenvalue weighted by atomic mass is 35.5. The summed E-state index contributed by atoms with van der Waals surface area (Å²) in [5.74, 6) is -0.0911. The second-order valence-corrected chi connectivity index (χ2v) is 7.18. The lowest BCUT2D eigenvalue weighted by atomic mass is 10.1. The second-order valence-electron chi connectivity index (χ2n) is 6.40. The average molecular weight is 375 g/mol. The van der Waals surface area contributed by atoms with Crippen molar-refractivity contribution < 1.29 is 14.3 Å². The number of rotatable bonds is 6. The minimum Gasteiger partial charge on any atom is -0.444 e. The molecule has 1 rings (SSSR count). The number of alkyl carbamates (subject to hydrolysis) is 1. The molecule has 0 aliphatic carbocycles. The van der Waals surface area contributed by atoms with Crippen LogP contribution in [0.2, 0.25) is 10.0 Å². The van der Waals surface area contributed by atoms with Crippen molar-refractivity contribution in [2.75, 3.05) is 6.54 Å². The molecule has 1 unspecified atom stereocenters. The van der Waals surface area contributed by atoms with Gasteiger partial charge in [0.2, 0.25) is 5.91 Å². The number of amides is 2. The number of carbonyl (C=O) groups excluding carboxylic acids is 2. The van der Waals surface area contributed by atoms with Crippen LogP contribution in [-0.2, 0) is 9.53 Å². The first-order valence-electron chi connectivity index (χ1n) is 7.84. The van der Waals surface area contributed by atoms with Gasteiger partial charge in [0, 0.05) is 13.0 Å². The quantitative estimate of drug-likeness (QED) is 0.771. The molecule has 134 valence electrons. The minimum atomic E-state index is -0.627. The maximum atomic E-state index is 12.1.